The molecule has 2 atom stereocenters. The second-order valence-electron chi connectivity index (χ2n) is 6.28. The lowest BCUT2D eigenvalue weighted by atomic mass is 10.2. The molecule has 2 saturated heterocycles. The molecule has 2 unspecified atom stereocenters. The van der Waals surface area contributed by atoms with Crippen molar-refractivity contribution in [3.63, 3.8) is 0 Å². The number of carbonyl (C=O) groups is 1. The van der Waals surface area contributed by atoms with Gasteiger partial charge in [0.25, 0.3) is 5.91 Å². The van der Waals surface area contributed by atoms with Crippen LogP contribution in [0.3, 0.4) is 0 Å². The maximum atomic E-state index is 13.9. The fourth-order valence-corrected chi connectivity index (χ4v) is 7.05. The van der Waals surface area contributed by atoms with E-state index in [1.54, 1.807) is 11.0 Å². The molecule has 1 amide bonds. The maximum absolute atomic E-state index is 13.9. The number of sulfone groups is 1. The zero-order chi connectivity index (χ0) is 17.1. The molecule has 0 aromatic heterocycles. The number of hydrogen-bond acceptors (Lipinski definition) is 4. The molecule has 0 N–H and O–H groups in total. The summed E-state index contributed by atoms with van der Waals surface area (Å²) in [6.45, 7) is 0. The van der Waals surface area contributed by atoms with Crippen LogP contribution in [0.5, 0.6) is 0 Å². The van der Waals surface area contributed by atoms with Gasteiger partial charge in [0.2, 0.25) is 0 Å². The van der Waals surface area contributed by atoms with E-state index in [0.717, 1.165) is 12.8 Å². The molecule has 0 bridgehead atoms. The molecule has 2 heterocycles. The van der Waals surface area contributed by atoms with Crippen molar-refractivity contribution in [1.29, 1.82) is 0 Å². The number of amides is 1. The number of carbonyl (C=O) groups excluding carboxylic acids is 1. The van der Waals surface area contributed by atoms with Gasteiger partial charge in [-0.05, 0) is 31.0 Å². The Balaban J connectivity index is 1.74. The minimum Gasteiger partial charge on any atom is -0.315 e. The van der Waals surface area contributed by atoms with Crippen molar-refractivity contribution in [3.05, 3.63) is 29.0 Å². The molecule has 4 rings (SSSR count). The first kappa shape index (κ1) is 16.4. The van der Waals surface area contributed by atoms with E-state index in [0.29, 0.717) is 10.9 Å². The highest BCUT2D eigenvalue weighted by molar-refractivity contribution is 8.16. The second kappa shape index (κ2) is 5.71. The standard InChI is InChI=1S/C15H14ClFN2O3S2/c16-10-4-3-9(5-11(10)17)19-12-6-24(21,22)7-13(12)23-15(19)18-14(20)8-1-2-8/h3-5,8,12-13H,1-2,6-7H2. The first-order valence-corrected chi connectivity index (χ1v) is 10.7. The second-order valence-corrected chi connectivity index (χ2v) is 10.0. The van der Waals surface area contributed by atoms with E-state index in [1.807, 2.05) is 0 Å². The van der Waals surface area contributed by atoms with Crippen molar-refractivity contribution < 1.29 is 17.6 Å². The van der Waals surface area contributed by atoms with Crippen LogP contribution in [0.1, 0.15) is 12.8 Å². The Morgan fingerprint density at radius 1 is 1.33 bits per heavy atom. The summed E-state index contributed by atoms with van der Waals surface area (Å²) < 4.78 is 37.8. The van der Waals surface area contributed by atoms with E-state index in [4.69, 9.17) is 11.6 Å². The third-order valence-electron chi connectivity index (χ3n) is 4.38. The number of amidine groups is 1. The molecule has 9 heteroatoms. The molecule has 0 radical (unpaired) electrons. The molecule has 3 aliphatic rings. The number of hydrogen-bond donors (Lipinski definition) is 0. The highest BCUT2D eigenvalue weighted by Crippen LogP contribution is 2.42. The number of halogens is 2. The first-order chi connectivity index (χ1) is 11.3. The van der Waals surface area contributed by atoms with Crippen LogP contribution >= 0.6 is 23.4 Å². The number of fused-ring (bicyclic) bond motifs is 1. The number of benzene rings is 1. The maximum Gasteiger partial charge on any atom is 0.251 e. The van der Waals surface area contributed by atoms with Crippen LogP contribution in [-0.4, -0.2) is 42.3 Å². The zero-order valence-electron chi connectivity index (χ0n) is 12.5. The van der Waals surface area contributed by atoms with Crippen LogP contribution in [0.25, 0.3) is 0 Å². The molecule has 3 fully saturated rings. The average Bonchev–Trinajstić information content (AvgIpc) is 3.23. The van der Waals surface area contributed by atoms with Gasteiger partial charge in [-0.25, -0.2) is 12.8 Å². The van der Waals surface area contributed by atoms with Gasteiger partial charge < -0.3 is 4.90 Å². The van der Waals surface area contributed by atoms with Gasteiger partial charge in [0.15, 0.2) is 15.0 Å². The topological polar surface area (TPSA) is 66.8 Å². The van der Waals surface area contributed by atoms with Gasteiger partial charge in [0, 0.05) is 16.9 Å². The van der Waals surface area contributed by atoms with E-state index >= 15 is 0 Å². The van der Waals surface area contributed by atoms with Crippen LogP contribution in [0.15, 0.2) is 23.2 Å². The molecule has 0 spiro atoms. The predicted molar refractivity (Wildman–Crippen MR) is 92.9 cm³/mol. The van der Waals surface area contributed by atoms with Crippen molar-refractivity contribution in [3.8, 4) is 0 Å². The third kappa shape index (κ3) is 2.95. The molecule has 128 valence electrons. The summed E-state index contributed by atoms with van der Waals surface area (Å²) in [5, 5.41) is 0.256. The Hall–Kier alpha value is -1.12. The zero-order valence-corrected chi connectivity index (χ0v) is 14.9. The van der Waals surface area contributed by atoms with Gasteiger partial charge in [-0.1, -0.05) is 23.4 Å². The Morgan fingerprint density at radius 2 is 2.08 bits per heavy atom. The highest BCUT2D eigenvalue weighted by atomic mass is 35.5. The molecule has 1 aromatic rings. The van der Waals surface area contributed by atoms with E-state index in [1.165, 1.54) is 23.9 Å². The predicted octanol–water partition coefficient (Wildman–Crippen LogP) is 2.49. The minimum absolute atomic E-state index is 0.00580. The van der Waals surface area contributed by atoms with Gasteiger partial charge in [0.05, 0.1) is 22.6 Å². The van der Waals surface area contributed by atoms with E-state index < -0.39 is 15.7 Å². The minimum atomic E-state index is -3.14. The van der Waals surface area contributed by atoms with Crippen molar-refractivity contribution in [2.45, 2.75) is 24.1 Å². The Morgan fingerprint density at radius 3 is 2.75 bits per heavy atom. The van der Waals surface area contributed by atoms with Crippen LogP contribution in [-0.2, 0) is 14.6 Å². The number of aliphatic imine (C=N–C) groups is 1. The molecule has 1 aromatic carbocycles. The normalized spacial score (nSPS) is 29.9. The molecule has 1 saturated carbocycles. The molecular weight excluding hydrogens is 375 g/mol. The third-order valence-corrected chi connectivity index (χ3v) is 7.90. The quantitative estimate of drug-likeness (QED) is 0.778. The highest BCUT2D eigenvalue weighted by Gasteiger charge is 2.49. The van der Waals surface area contributed by atoms with Crippen molar-refractivity contribution in [1.82, 2.24) is 0 Å². The van der Waals surface area contributed by atoms with Crippen molar-refractivity contribution >= 4 is 50.0 Å². The summed E-state index contributed by atoms with van der Waals surface area (Å²) in [4.78, 5) is 17.9. The summed E-state index contributed by atoms with van der Waals surface area (Å²) in [5.41, 5.74) is 0.469. The average molecular weight is 389 g/mol. The van der Waals surface area contributed by atoms with E-state index in [9.17, 15) is 17.6 Å². The molecule has 24 heavy (non-hydrogen) atoms. The van der Waals surface area contributed by atoms with Crippen molar-refractivity contribution in [2.24, 2.45) is 10.9 Å². The lowest BCUT2D eigenvalue weighted by Crippen LogP contribution is -2.37. The summed E-state index contributed by atoms with van der Waals surface area (Å²) in [6, 6.07) is 3.96. The lowest BCUT2D eigenvalue weighted by molar-refractivity contribution is -0.118. The summed E-state index contributed by atoms with van der Waals surface area (Å²) in [6.07, 6.45) is 1.69. The van der Waals surface area contributed by atoms with Gasteiger partial charge in [-0.3, -0.25) is 4.79 Å². The lowest BCUT2D eigenvalue weighted by Gasteiger charge is -2.24. The smallest absolute Gasteiger partial charge is 0.251 e. The van der Waals surface area contributed by atoms with Gasteiger partial charge in [-0.2, -0.15) is 4.99 Å². The number of thioether (sulfide) groups is 1. The van der Waals surface area contributed by atoms with E-state index in [-0.39, 0.29) is 39.6 Å². The first-order valence-electron chi connectivity index (χ1n) is 7.58. The molecular formula is C15H14ClFN2O3S2. The fourth-order valence-electron chi connectivity index (χ4n) is 3.02. The number of nitrogens with zero attached hydrogens (tertiary/aromatic N) is 2. The van der Waals surface area contributed by atoms with Gasteiger partial charge >= 0.3 is 0 Å². The molecule has 1 aliphatic carbocycles. The Bertz CT molecular complexity index is 854. The summed E-state index contributed by atoms with van der Waals surface area (Å²) >= 11 is 7.03. The Labute approximate surface area is 148 Å². The van der Waals surface area contributed by atoms with Gasteiger partial charge in [-0.15, -0.1) is 0 Å². The summed E-state index contributed by atoms with van der Waals surface area (Å²) in [5.74, 6) is -0.765. The monoisotopic (exact) mass is 388 g/mol. The molecule has 2 aliphatic heterocycles. The van der Waals surface area contributed by atoms with Crippen LogP contribution in [0.2, 0.25) is 5.02 Å². The molecule has 5 nitrogen and oxygen atoms in total. The number of rotatable bonds is 2. The van der Waals surface area contributed by atoms with E-state index in [2.05, 4.69) is 4.99 Å². The van der Waals surface area contributed by atoms with Gasteiger partial charge in [0.1, 0.15) is 5.82 Å². The summed E-state index contributed by atoms with van der Waals surface area (Å²) in [7, 11) is -3.14. The van der Waals surface area contributed by atoms with Crippen LogP contribution in [0, 0.1) is 11.7 Å². The SMILES string of the molecule is O=C(N=C1SC2CS(=O)(=O)CC2N1c1ccc(Cl)c(F)c1)C1CC1. The van der Waals surface area contributed by atoms with Crippen LogP contribution < -0.4 is 4.90 Å². The largest absolute Gasteiger partial charge is 0.315 e. The van der Waals surface area contributed by atoms with Crippen molar-refractivity contribution in [2.75, 3.05) is 16.4 Å². The fraction of sp³-hybridized carbons (Fsp3) is 0.467. The Kier molecular flexibility index (Phi) is 3.89. The van der Waals surface area contributed by atoms with Crippen LogP contribution in [0.4, 0.5) is 10.1 Å². The number of anilines is 1.